The summed E-state index contributed by atoms with van der Waals surface area (Å²) >= 11 is 0. The summed E-state index contributed by atoms with van der Waals surface area (Å²) in [6.45, 7) is 12.1. The summed E-state index contributed by atoms with van der Waals surface area (Å²) in [4.78, 5) is 32.2. The van der Waals surface area contributed by atoms with Crippen molar-refractivity contribution < 1.29 is 15.6 Å². The summed E-state index contributed by atoms with van der Waals surface area (Å²) in [6.07, 6.45) is 7.10. The predicted octanol–water partition coefficient (Wildman–Crippen LogP) is 8.85. The summed E-state index contributed by atoms with van der Waals surface area (Å²) in [7, 11) is 0. The number of carbonyl (C=O) groups is 1. The lowest BCUT2D eigenvalue weighted by atomic mass is 9.91. The first-order chi connectivity index (χ1) is 19.8. The largest absolute Gasteiger partial charge is 0.507 e. The minimum absolute atomic E-state index is 0. The number of halogens is 1. The van der Waals surface area contributed by atoms with E-state index in [1.165, 1.54) is 12.8 Å². The molecule has 0 bridgehead atoms. The molecule has 15 N–H and O–H groups in total. The van der Waals surface area contributed by atoms with Crippen LogP contribution in [0.1, 0.15) is 105 Å². The van der Waals surface area contributed by atoms with Gasteiger partial charge >= 0.3 is 0 Å². The lowest BCUT2D eigenvalue weighted by Crippen LogP contribution is -2.34. The molecule has 3 aromatic rings. The second kappa shape index (κ2) is 19.0. The van der Waals surface area contributed by atoms with Crippen molar-refractivity contribution in [3.8, 4) is 5.75 Å². The number of phenols is 1. The van der Waals surface area contributed by atoms with Gasteiger partial charge in [0.25, 0.3) is 5.91 Å². The summed E-state index contributed by atoms with van der Waals surface area (Å²) in [6, 6.07) is 11.2. The summed E-state index contributed by atoms with van der Waals surface area (Å²) in [5, 5.41) is 17.2. The zero-order valence-corrected chi connectivity index (χ0v) is 28.8. The number of nitrogens with one attached hydrogen (secondary N) is 2. The van der Waals surface area contributed by atoms with Gasteiger partial charge in [0, 0.05) is 43.3 Å². The number of phenolic OH excluding ortho intramolecular Hbond substituents is 1. The van der Waals surface area contributed by atoms with Crippen LogP contribution in [-0.4, -0.2) is 52.1 Å². The molecule has 1 amide bonds. The van der Waals surface area contributed by atoms with E-state index in [1.807, 2.05) is 44.2 Å². The maximum Gasteiger partial charge on any atom is 0.259 e. The number of anilines is 5. The molecule has 2 aromatic carbocycles. The molecule has 0 unspecified atom stereocenters. The minimum Gasteiger partial charge on any atom is -0.507 e. The molecule has 14 heteroatoms. The SMILES string of the molecule is CC(C)c1cc(C(=O)Nc2ccc(Nc3nc(N4CCCCC4)nc(N4CCCCC4)n3)cc2)c(O)c(C(C)C)c1.Cl.N.N.N.N.[HH].[HH].[HH].[HH]. The van der Waals surface area contributed by atoms with Gasteiger partial charge in [-0.25, -0.2) is 0 Å². The molecule has 46 heavy (non-hydrogen) atoms. The van der Waals surface area contributed by atoms with Gasteiger partial charge in [0.1, 0.15) is 5.75 Å². The van der Waals surface area contributed by atoms with Gasteiger partial charge in [-0.2, -0.15) is 15.0 Å². The average molecular weight is 670 g/mol. The molecule has 2 aliphatic rings. The maximum atomic E-state index is 13.2. The molecular formula is C32H64ClN11O2. The Bertz CT molecular complexity index is 1340. The van der Waals surface area contributed by atoms with Crippen molar-refractivity contribution in [3.63, 3.8) is 0 Å². The summed E-state index contributed by atoms with van der Waals surface area (Å²) in [5.41, 5.74) is 3.56. The Labute approximate surface area is 286 Å². The van der Waals surface area contributed by atoms with Crippen molar-refractivity contribution in [2.45, 2.75) is 78.1 Å². The number of aromatic nitrogens is 3. The lowest BCUT2D eigenvalue weighted by molar-refractivity contribution is 0.102. The number of carbonyl (C=O) groups excluding carboxylic acids is 1. The molecule has 13 nitrogen and oxygen atoms in total. The van der Waals surface area contributed by atoms with Crippen LogP contribution in [0.2, 0.25) is 0 Å². The molecule has 2 aliphatic heterocycles. The second-order valence-corrected chi connectivity index (χ2v) is 11.8. The number of hydrogen-bond donors (Lipinski definition) is 7. The highest BCUT2D eigenvalue weighted by atomic mass is 35.5. The van der Waals surface area contributed by atoms with Gasteiger partial charge in [-0.15, -0.1) is 12.4 Å². The third-order valence-corrected chi connectivity index (χ3v) is 7.98. The van der Waals surface area contributed by atoms with Crippen LogP contribution in [0.5, 0.6) is 5.75 Å². The van der Waals surface area contributed by atoms with E-state index in [4.69, 9.17) is 15.0 Å². The molecule has 0 aliphatic carbocycles. The second-order valence-electron chi connectivity index (χ2n) is 11.8. The molecule has 5 rings (SSSR count). The first-order valence-electron chi connectivity index (χ1n) is 15.1. The highest BCUT2D eigenvalue weighted by molar-refractivity contribution is 6.06. The highest BCUT2D eigenvalue weighted by Crippen LogP contribution is 2.34. The van der Waals surface area contributed by atoms with E-state index in [0.717, 1.165) is 80.6 Å². The Hall–Kier alpha value is -3.75. The average Bonchev–Trinajstić information content (AvgIpc) is 2.98. The number of amides is 1. The van der Waals surface area contributed by atoms with Crippen LogP contribution in [0.3, 0.4) is 0 Å². The van der Waals surface area contributed by atoms with E-state index in [1.54, 1.807) is 6.07 Å². The van der Waals surface area contributed by atoms with Gasteiger partial charge in [0.05, 0.1) is 5.56 Å². The van der Waals surface area contributed by atoms with Crippen molar-refractivity contribution >= 4 is 47.5 Å². The summed E-state index contributed by atoms with van der Waals surface area (Å²) < 4.78 is 0. The van der Waals surface area contributed by atoms with Crippen molar-refractivity contribution in [2.24, 2.45) is 0 Å². The van der Waals surface area contributed by atoms with E-state index >= 15 is 0 Å². The van der Waals surface area contributed by atoms with Crippen LogP contribution >= 0.6 is 12.4 Å². The van der Waals surface area contributed by atoms with Gasteiger partial charge in [-0.1, -0.05) is 33.8 Å². The Balaban J connectivity index is -0.000000750. The number of nitrogens with zero attached hydrogens (tertiary/aromatic N) is 5. The number of hydrogen-bond acceptors (Lipinski definition) is 12. The van der Waals surface area contributed by atoms with Crippen LogP contribution in [0.25, 0.3) is 0 Å². The minimum atomic E-state index is -0.331. The van der Waals surface area contributed by atoms with Crippen LogP contribution in [0, 0.1) is 0 Å². The van der Waals surface area contributed by atoms with E-state index in [-0.39, 0.29) is 66.2 Å². The molecule has 3 heterocycles. The van der Waals surface area contributed by atoms with E-state index in [9.17, 15) is 9.90 Å². The monoisotopic (exact) mass is 669 g/mol. The zero-order valence-electron chi connectivity index (χ0n) is 28.0. The predicted molar refractivity (Wildman–Crippen MR) is 202 cm³/mol. The first-order valence-corrected chi connectivity index (χ1v) is 15.1. The topological polar surface area (TPSA) is 247 Å². The van der Waals surface area contributed by atoms with Gasteiger partial charge in [0.2, 0.25) is 17.8 Å². The highest BCUT2D eigenvalue weighted by Gasteiger charge is 2.22. The van der Waals surface area contributed by atoms with Crippen LogP contribution in [0.4, 0.5) is 29.2 Å². The van der Waals surface area contributed by atoms with Gasteiger partial charge < -0.3 is 50.1 Å². The Morgan fingerprint density at radius 1 is 0.739 bits per heavy atom. The van der Waals surface area contributed by atoms with E-state index < -0.39 is 0 Å². The van der Waals surface area contributed by atoms with Crippen molar-refractivity contribution in [1.29, 1.82) is 0 Å². The fourth-order valence-corrected chi connectivity index (χ4v) is 5.47. The van der Waals surface area contributed by atoms with E-state index in [2.05, 4.69) is 34.3 Å². The number of rotatable bonds is 8. The molecule has 0 radical (unpaired) electrons. The van der Waals surface area contributed by atoms with Crippen LogP contribution in [0.15, 0.2) is 36.4 Å². The molecule has 1 aromatic heterocycles. The Morgan fingerprint density at radius 3 is 1.67 bits per heavy atom. The molecule has 2 saturated heterocycles. The number of aromatic hydroxyl groups is 1. The zero-order chi connectivity index (χ0) is 28.9. The Morgan fingerprint density at radius 2 is 1.22 bits per heavy atom. The maximum absolute atomic E-state index is 13.2. The van der Waals surface area contributed by atoms with Crippen LogP contribution in [-0.2, 0) is 0 Å². The first kappa shape index (κ1) is 42.2. The normalized spacial score (nSPS) is 14.1. The fourth-order valence-electron chi connectivity index (χ4n) is 5.47. The molecule has 2 fully saturated rings. The van der Waals surface area contributed by atoms with Gasteiger partial charge in [-0.3, -0.25) is 4.79 Å². The third-order valence-electron chi connectivity index (χ3n) is 7.98. The molecular weight excluding hydrogens is 606 g/mol. The fraction of sp³-hybridized carbons (Fsp3) is 0.500. The van der Waals surface area contributed by atoms with Gasteiger partial charge in [0.15, 0.2) is 0 Å². The molecule has 0 saturated carbocycles. The summed E-state index contributed by atoms with van der Waals surface area (Å²) in [5.74, 6) is 2.05. The molecule has 0 spiro atoms. The van der Waals surface area contributed by atoms with Crippen molar-refractivity contribution in [3.05, 3.63) is 53.1 Å². The van der Waals surface area contributed by atoms with Crippen molar-refractivity contribution in [2.75, 3.05) is 46.6 Å². The quantitative estimate of drug-likeness (QED) is 0.119. The molecule has 0 atom stereocenters. The lowest BCUT2D eigenvalue weighted by Gasteiger charge is -2.30. The van der Waals surface area contributed by atoms with Crippen LogP contribution < -0.4 is 45.0 Å². The smallest absolute Gasteiger partial charge is 0.259 e. The third kappa shape index (κ3) is 10.1. The number of piperidine rings is 2. The van der Waals surface area contributed by atoms with Gasteiger partial charge in [-0.05, 0) is 91.8 Å². The van der Waals surface area contributed by atoms with Crippen molar-refractivity contribution in [1.82, 2.24) is 39.6 Å². The number of benzene rings is 2. The standard InChI is InChI=1S/C32H43N7O2.ClH.4H3N.4H2/c1-21(2)23-19-26(22(3)4)28(40)27(20-23)29(41)33-24-11-13-25(14-12-24)34-30-35-31(38-15-7-5-8-16-38)37-32(36-30)39-17-9-6-10-18-39;;;;;;;;;/h11-14,19-22,40H,5-10,15-18H2,1-4H3,(H,33,41)(H,34,35,36,37);1H;4*1H3;4*1H. The Kier molecular flexibility index (Phi) is 17.5. The molecule has 266 valence electrons. The van der Waals surface area contributed by atoms with E-state index in [0.29, 0.717) is 17.2 Å².